The first-order valence-electron chi connectivity index (χ1n) is 10.6. The van der Waals surface area contributed by atoms with Gasteiger partial charge in [0.15, 0.2) is 0 Å². The number of rotatable bonds is 3. The molecule has 148 valence electrons. The summed E-state index contributed by atoms with van der Waals surface area (Å²) >= 11 is 0. The molecule has 3 aliphatic rings. The first-order chi connectivity index (χ1) is 13.1. The minimum atomic E-state index is 0.129. The Hall–Kier alpha value is -1.92. The van der Waals surface area contributed by atoms with Crippen LogP contribution in [0.15, 0.2) is 0 Å². The minimum absolute atomic E-state index is 0.129. The number of hydrogen-bond donors (Lipinski definition) is 0. The predicted molar refractivity (Wildman–Crippen MR) is 101 cm³/mol. The highest BCUT2D eigenvalue weighted by Crippen LogP contribution is 2.31. The summed E-state index contributed by atoms with van der Waals surface area (Å²) in [6.07, 6.45) is 8.47. The van der Waals surface area contributed by atoms with Crippen LogP contribution in [0.3, 0.4) is 0 Å². The van der Waals surface area contributed by atoms with E-state index in [0.717, 1.165) is 70.1 Å². The van der Waals surface area contributed by atoms with Crippen molar-refractivity contribution >= 4 is 11.8 Å². The van der Waals surface area contributed by atoms with Crippen molar-refractivity contribution in [3.63, 3.8) is 0 Å². The van der Waals surface area contributed by atoms with E-state index in [4.69, 9.17) is 0 Å². The molecule has 0 N–H and O–H groups in total. The zero-order valence-electron chi connectivity index (χ0n) is 16.4. The van der Waals surface area contributed by atoms with Crippen LogP contribution < -0.4 is 0 Å². The molecule has 4 rings (SSSR count). The summed E-state index contributed by atoms with van der Waals surface area (Å²) in [6.45, 7) is 5.52. The lowest BCUT2D eigenvalue weighted by Gasteiger charge is -2.32. The van der Waals surface area contributed by atoms with Gasteiger partial charge < -0.3 is 14.4 Å². The lowest BCUT2D eigenvalue weighted by molar-refractivity contribution is -0.133. The number of nitrogens with zero attached hydrogens (tertiary/aromatic N) is 5. The number of aromatic nitrogens is 3. The van der Waals surface area contributed by atoms with Crippen molar-refractivity contribution in [1.82, 2.24) is 24.6 Å². The van der Waals surface area contributed by atoms with Crippen molar-refractivity contribution in [3.8, 4) is 0 Å². The molecule has 7 nitrogen and oxygen atoms in total. The quantitative estimate of drug-likeness (QED) is 0.812. The molecule has 0 aromatic carbocycles. The molecule has 0 bridgehead atoms. The Morgan fingerprint density at radius 1 is 0.926 bits per heavy atom. The van der Waals surface area contributed by atoms with E-state index in [2.05, 4.69) is 19.7 Å². The van der Waals surface area contributed by atoms with Gasteiger partial charge in [0.1, 0.15) is 11.6 Å². The van der Waals surface area contributed by atoms with Crippen molar-refractivity contribution in [2.75, 3.05) is 26.2 Å². The summed E-state index contributed by atoms with van der Waals surface area (Å²) in [5.41, 5.74) is 0. The monoisotopic (exact) mass is 373 g/mol. The third-order valence-electron chi connectivity index (χ3n) is 6.65. The lowest BCUT2D eigenvalue weighted by Crippen LogP contribution is -2.39. The van der Waals surface area contributed by atoms with Gasteiger partial charge in [0.2, 0.25) is 11.8 Å². The topological polar surface area (TPSA) is 71.3 Å². The predicted octanol–water partition coefficient (Wildman–Crippen LogP) is 1.97. The molecule has 0 spiro atoms. The highest BCUT2D eigenvalue weighted by molar-refractivity contribution is 5.76. The number of carbonyl (C=O) groups is 2. The summed E-state index contributed by atoms with van der Waals surface area (Å²) in [6, 6.07) is 0. The SMILES string of the molecule is CC(=O)N1CCc2nnc(C3CCN(C(=O)CC4CCCC4)CC3)n2CC1. The van der Waals surface area contributed by atoms with E-state index in [-0.39, 0.29) is 5.91 Å². The average molecular weight is 374 g/mol. The van der Waals surface area contributed by atoms with E-state index in [9.17, 15) is 9.59 Å². The minimum Gasteiger partial charge on any atom is -0.343 e. The average Bonchev–Trinajstić information content (AvgIpc) is 3.27. The van der Waals surface area contributed by atoms with Gasteiger partial charge in [-0.3, -0.25) is 9.59 Å². The van der Waals surface area contributed by atoms with Gasteiger partial charge in [-0.2, -0.15) is 0 Å². The first-order valence-corrected chi connectivity index (χ1v) is 10.6. The molecule has 1 aliphatic carbocycles. The Bertz CT molecular complexity index is 687. The van der Waals surface area contributed by atoms with Crippen LogP contribution in [-0.4, -0.2) is 62.6 Å². The fourth-order valence-corrected chi connectivity index (χ4v) is 4.94. The van der Waals surface area contributed by atoms with Crippen LogP contribution in [0, 0.1) is 5.92 Å². The molecular weight excluding hydrogens is 342 g/mol. The van der Waals surface area contributed by atoms with Crippen molar-refractivity contribution in [2.24, 2.45) is 5.92 Å². The number of fused-ring (bicyclic) bond motifs is 1. The largest absolute Gasteiger partial charge is 0.343 e. The molecule has 0 unspecified atom stereocenters. The molecule has 2 fully saturated rings. The van der Waals surface area contributed by atoms with E-state index in [1.165, 1.54) is 25.7 Å². The second-order valence-electron chi connectivity index (χ2n) is 8.39. The summed E-state index contributed by atoms with van der Waals surface area (Å²) in [5, 5.41) is 8.89. The highest BCUT2D eigenvalue weighted by Gasteiger charge is 2.30. The van der Waals surface area contributed by atoms with E-state index in [1.807, 2.05) is 4.90 Å². The molecule has 2 amide bonds. The Morgan fingerprint density at radius 2 is 1.67 bits per heavy atom. The maximum Gasteiger partial charge on any atom is 0.222 e. The molecule has 1 aromatic rings. The van der Waals surface area contributed by atoms with Crippen molar-refractivity contribution in [1.29, 1.82) is 0 Å². The Labute approximate surface area is 161 Å². The standard InChI is InChI=1S/C20H31N5O2/c1-15(26)23-11-8-18-21-22-20(25(18)13-12-23)17-6-9-24(10-7-17)19(27)14-16-4-2-3-5-16/h16-17H,2-14H2,1H3. The molecule has 0 radical (unpaired) electrons. The van der Waals surface area contributed by atoms with Crippen LogP contribution in [0.25, 0.3) is 0 Å². The number of likely N-dealkylation sites (tertiary alicyclic amines) is 1. The van der Waals surface area contributed by atoms with Crippen molar-refractivity contribution < 1.29 is 9.59 Å². The van der Waals surface area contributed by atoms with E-state index < -0.39 is 0 Å². The zero-order valence-corrected chi connectivity index (χ0v) is 16.4. The van der Waals surface area contributed by atoms with Crippen LogP contribution in [0.5, 0.6) is 0 Å². The molecule has 1 saturated carbocycles. The first kappa shape index (κ1) is 18.4. The Balaban J connectivity index is 1.34. The fourth-order valence-electron chi connectivity index (χ4n) is 4.94. The van der Waals surface area contributed by atoms with Gasteiger partial charge >= 0.3 is 0 Å². The van der Waals surface area contributed by atoms with E-state index in [0.29, 0.717) is 17.7 Å². The van der Waals surface area contributed by atoms with Gasteiger partial charge in [-0.15, -0.1) is 10.2 Å². The smallest absolute Gasteiger partial charge is 0.222 e. The second-order valence-corrected chi connectivity index (χ2v) is 8.39. The number of piperidine rings is 1. The van der Waals surface area contributed by atoms with Gasteiger partial charge in [0.05, 0.1) is 0 Å². The number of hydrogen-bond acceptors (Lipinski definition) is 4. The maximum atomic E-state index is 12.6. The van der Waals surface area contributed by atoms with Gasteiger partial charge in [-0.25, -0.2) is 0 Å². The van der Waals surface area contributed by atoms with Crippen molar-refractivity contribution in [2.45, 2.75) is 70.8 Å². The van der Waals surface area contributed by atoms with Crippen LogP contribution in [0.1, 0.15) is 69.4 Å². The molecule has 1 aromatic heterocycles. The van der Waals surface area contributed by atoms with Gasteiger partial charge in [0, 0.05) is 58.4 Å². The van der Waals surface area contributed by atoms with Gasteiger partial charge in [-0.1, -0.05) is 12.8 Å². The zero-order chi connectivity index (χ0) is 18.8. The third kappa shape index (κ3) is 4.01. The third-order valence-corrected chi connectivity index (χ3v) is 6.65. The summed E-state index contributed by atoms with van der Waals surface area (Å²) in [5.74, 6) is 3.51. The lowest BCUT2D eigenvalue weighted by atomic mass is 9.94. The molecule has 1 saturated heterocycles. The van der Waals surface area contributed by atoms with Crippen LogP contribution >= 0.6 is 0 Å². The summed E-state index contributed by atoms with van der Waals surface area (Å²) < 4.78 is 2.23. The molecule has 27 heavy (non-hydrogen) atoms. The maximum absolute atomic E-state index is 12.6. The molecule has 0 atom stereocenters. The molecule has 3 heterocycles. The fraction of sp³-hybridized carbons (Fsp3) is 0.800. The Kier molecular flexibility index (Phi) is 5.45. The molecular formula is C20H31N5O2. The van der Waals surface area contributed by atoms with Crippen LogP contribution in [-0.2, 0) is 22.6 Å². The highest BCUT2D eigenvalue weighted by atomic mass is 16.2. The van der Waals surface area contributed by atoms with Crippen LogP contribution in [0.2, 0.25) is 0 Å². The summed E-state index contributed by atoms with van der Waals surface area (Å²) in [4.78, 5) is 28.2. The van der Waals surface area contributed by atoms with Gasteiger partial charge in [-0.05, 0) is 31.6 Å². The summed E-state index contributed by atoms with van der Waals surface area (Å²) in [7, 11) is 0. The number of amides is 2. The second kappa shape index (κ2) is 7.98. The van der Waals surface area contributed by atoms with E-state index in [1.54, 1.807) is 6.92 Å². The normalized spacial score (nSPS) is 22.0. The van der Waals surface area contributed by atoms with E-state index >= 15 is 0 Å². The number of carbonyl (C=O) groups excluding carboxylic acids is 2. The van der Waals surface area contributed by atoms with Crippen LogP contribution in [0.4, 0.5) is 0 Å². The van der Waals surface area contributed by atoms with Crippen molar-refractivity contribution in [3.05, 3.63) is 11.6 Å². The van der Waals surface area contributed by atoms with Gasteiger partial charge in [0.25, 0.3) is 0 Å². The molecule has 2 aliphatic heterocycles. The Morgan fingerprint density at radius 3 is 2.37 bits per heavy atom. The molecule has 7 heteroatoms.